The maximum Gasteiger partial charge on any atom is 0.344 e. The van der Waals surface area contributed by atoms with Crippen LogP contribution in [0.25, 0.3) is 39.3 Å². The number of aromatic nitrogens is 3. The molecule has 25 heavy (non-hydrogen) atoms. The van der Waals surface area contributed by atoms with Crippen LogP contribution in [0.1, 0.15) is 5.56 Å². The summed E-state index contributed by atoms with van der Waals surface area (Å²) >= 11 is 0. The lowest BCUT2D eigenvalue weighted by Crippen LogP contribution is -2.31. The minimum atomic E-state index is 0.840. The Morgan fingerprint density at radius 2 is 1.80 bits per heavy atom. The van der Waals surface area contributed by atoms with Crippen LogP contribution in [0.3, 0.4) is 0 Å². The largest absolute Gasteiger partial charge is 0.419 e. The predicted octanol–water partition coefficient (Wildman–Crippen LogP) is 4.09. The summed E-state index contributed by atoms with van der Waals surface area (Å²) in [6, 6.07) is 20.7. The van der Waals surface area contributed by atoms with Gasteiger partial charge in [-0.05, 0) is 30.3 Å². The van der Waals surface area contributed by atoms with Crippen molar-refractivity contribution in [1.82, 2.24) is 9.55 Å². The van der Waals surface area contributed by atoms with E-state index in [1.807, 2.05) is 30.6 Å². The van der Waals surface area contributed by atoms with Crippen molar-refractivity contribution >= 4 is 22.2 Å². The van der Waals surface area contributed by atoms with Gasteiger partial charge in [0.25, 0.3) is 5.82 Å². The lowest BCUT2D eigenvalue weighted by molar-refractivity contribution is -0.645. The van der Waals surface area contributed by atoms with Crippen molar-refractivity contribution in [3.63, 3.8) is 0 Å². The normalized spacial score (nSPS) is 12.6. The number of fused-ring (bicyclic) bond motifs is 7. The Bertz CT molecular complexity index is 1260. The van der Waals surface area contributed by atoms with E-state index in [0.717, 1.165) is 40.3 Å². The topological polar surface area (TPSA) is 34.8 Å². The van der Waals surface area contributed by atoms with Gasteiger partial charge in [-0.2, -0.15) is 4.57 Å². The van der Waals surface area contributed by atoms with Gasteiger partial charge >= 0.3 is 5.71 Å². The number of hydrogen-bond donors (Lipinski definition) is 0. The average Bonchev–Trinajstić information content (AvgIpc) is 3.29. The molecule has 6 rings (SSSR count). The first-order valence-electron chi connectivity index (χ1n) is 8.36. The quantitative estimate of drug-likeness (QED) is 0.427. The summed E-state index contributed by atoms with van der Waals surface area (Å²) in [4.78, 5) is 4.35. The van der Waals surface area contributed by atoms with Crippen LogP contribution in [0.15, 0.2) is 77.5 Å². The van der Waals surface area contributed by atoms with Crippen molar-refractivity contribution in [1.29, 1.82) is 0 Å². The minimum Gasteiger partial charge on any atom is -0.419 e. The molecule has 0 spiro atoms. The van der Waals surface area contributed by atoms with Gasteiger partial charge in [-0.15, -0.1) is 0 Å². The fraction of sp³-hybridized carbons (Fsp3) is 0.0476. The summed E-state index contributed by atoms with van der Waals surface area (Å²) in [5.41, 5.74) is 6.50. The highest BCUT2D eigenvalue weighted by Gasteiger charge is 2.38. The molecule has 4 nitrogen and oxygen atoms in total. The molecule has 0 amide bonds. The number of nitrogens with zero attached hydrogens (tertiary/aromatic N) is 3. The van der Waals surface area contributed by atoms with E-state index in [1.54, 1.807) is 0 Å². The summed E-state index contributed by atoms with van der Waals surface area (Å²) in [5, 5.41) is 1.15. The van der Waals surface area contributed by atoms with Gasteiger partial charge in [-0.1, -0.05) is 30.3 Å². The van der Waals surface area contributed by atoms with Crippen molar-refractivity contribution in [2.24, 2.45) is 0 Å². The van der Waals surface area contributed by atoms with Gasteiger partial charge in [0, 0.05) is 18.0 Å². The van der Waals surface area contributed by atoms with Crippen LogP contribution in [-0.4, -0.2) is 9.55 Å². The van der Waals surface area contributed by atoms with Crippen molar-refractivity contribution in [2.45, 2.75) is 6.54 Å². The number of hydrogen-bond acceptors (Lipinski definition) is 2. The Balaban J connectivity index is 1.83. The molecule has 0 radical (unpaired) electrons. The van der Waals surface area contributed by atoms with E-state index in [4.69, 9.17) is 4.42 Å². The number of furan rings is 1. The Hall–Kier alpha value is -3.40. The summed E-state index contributed by atoms with van der Waals surface area (Å²) < 4.78 is 10.8. The third-order valence-electron chi connectivity index (χ3n) is 4.99. The lowest BCUT2D eigenvalue weighted by Gasteiger charge is -2.00. The first-order valence-corrected chi connectivity index (χ1v) is 8.36. The van der Waals surface area contributed by atoms with Gasteiger partial charge in [0.15, 0.2) is 0 Å². The van der Waals surface area contributed by atoms with Crippen molar-refractivity contribution < 1.29 is 8.98 Å². The van der Waals surface area contributed by atoms with Gasteiger partial charge in [0.1, 0.15) is 17.8 Å². The highest BCUT2D eigenvalue weighted by molar-refractivity contribution is 6.01. The molecule has 1 aliphatic heterocycles. The van der Waals surface area contributed by atoms with E-state index < -0.39 is 0 Å². The standard InChI is InChI=1S/C21H14N3O/c1-2-6-15(7-3-1)24-20-17-12-22-11-10-14(17)13-23(20)19-16-8-4-5-9-18(16)25-21(19)24/h1-12H,13H2/q+1. The second-order valence-corrected chi connectivity index (χ2v) is 6.37. The van der Waals surface area contributed by atoms with E-state index in [0.29, 0.717) is 0 Å². The maximum atomic E-state index is 6.27. The summed E-state index contributed by atoms with van der Waals surface area (Å²) in [6.45, 7) is 0.840. The van der Waals surface area contributed by atoms with Crippen molar-refractivity contribution in [3.05, 3.63) is 78.6 Å². The fourth-order valence-corrected chi connectivity index (χ4v) is 3.92. The van der Waals surface area contributed by atoms with Gasteiger partial charge < -0.3 is 4.42 Å². The monoisotopic (exact) mass is 324 g/mol. The van der Waals surface area contributed by atoms with Crippen LogP contribution in [0, 0.1) is 0 Å². The molecule has 0 bridgehead atoms. The van der Waals surface area contributed by atoms with Crippen molar-refractivity contribution in [2.75, 3.05) is 0 Å². The highest BCUT2D eigenvalue weighted by atomic mass is 16.3. The van der Waals surface area contributed by atoms with E-state index in [1.165, 1.54) is 11.1 Å². The van der Waals surface area contributed by atoms with Gasteiger partial charge in [-0.25, -0.2) is 4.57 Å². The summed E-state index contributed by atoms with van der Waals surface area (Å²) in [5.74, 6) is 1.13. The molecule has 0 unspecified atom stereocenters. The number of benzene rings is 2. The number of pyridine rings is 1. The molecule has 5 aromatic rings. The molecule has 4 heterocycles. The van der Waals surface area contributed by atoms with Gasteiger partial charge in [-0.3, -0.25) is 4.98 Å². The van der Waals surface area contributed by atoms with Crippen LogP contribution in [0.2, 0.25) is 0 Å². The molecular weight excluding hydrogens is 310 g/mol. The van der Waals surface area contributed by atoms with E-state index in [-0.39, 0.29) is 0 Å². The Morgan fingerprint density at radius 1 is 0.960 bits per heavy atom. The summed E-state index contributed by atoms with van der Waals surface area (Å²) in [6.07, 6.45) is 3.82. The molecule has 0 atom stereocenters. The Labute approximate surface area is 143 Å². The second kappa shape index (κ2) is 4.57. The Kier molecular flexibility index (Phi) is 2.37. The molecule has 118 valence electrons. The highest BCUT2D eigenvalue weighted by Crippen LogP contribution is 2.37. The number of imidazole rings is 1. The van der Waals surface area contributed by atoms with Crippen LogP contribution in [-0.2, 0) is 6.54 Å². The molecule has 1 aliphatic rings. The molecule has 0 aliphatic carbocycles. The first kappa shape index (κ1) is 13.0. The van der Waals surface area contributed by atoms with Gasteiger partial charge in [0.2, 0.25) is 5.52 Å². The molecule has 0 saturated heterocycles. The molecule has 4 heteroatoms. The van der Waals surface area contributed by atoms with Crippen LogP contribution in [0.4, 0.5) is 0 Å². The second-order valence-electron chi connectivity index (χ2n) is 6.37. The first-order chi connectivity index (χ1) is 12.4. The fourth-order valence-electron chi connectivity index (χ4n) is 3.92. The van der Waals surface area contributed by atoms with Crippen molar-refractivity contribution in [3.8, 4) is 17.1 Å². The van der Waals surface area contributed by atoms with E-state index in [2.05, 4.69) is 56.6 Å². The molecular formula is C21H14N3O+. The van der Waals surface area contributed by atoms with E-state index in [9.17, 15) is 0 Å². The molecule has 2 aromatic carbocycles. The van der Waals surface area contributed by atoms with Crippen LogP contribution in [0.5, 0.6) is 0 Å². The van der Waals surface area contributed by atoms with E-state index >= 15 is 0 Å². The zero-order valence-electron chi connectivity index (χ0n) is 13.4. The van der Waals surface area contributed by atoms with Gasteiger partial charge in [0.05, 0.1) is 10.9 Å². The predicted molar refractivity (Wildman–Crippen MR) is 95.6 cm³/mol. The molecule has 0 fully saturated rings. The number of rotatable bonds is 1. The SMILES string of the molecule is c1ccc(-n2c3[n+](c4c5ccccc5oc42)Cc2ccncc2-3)cc1. The maximum absolute atomic E-state index is 6.27. The Morgan fingerprint density at radius 3 is 2.72 bits per heavy atom. The molecule has 0 saturated carbocycles. The zero-order chi connectivity index (χ0) is 16.4. The molecule has 3 aromatic heterocycles. The lowest BCUT2D eigenvalue weighted by atomic mass is 10.1. The van der Waals surface area contributed by atoms with Crippen LogP contribution < -0.4 is 4.57 Å². The average molecular weight is 324 g/mol. The molecule has 0 N–H and O–H groups in total. The summed E-state index contributed by atoms with van der Waals surface area (Å²) in [7, 11) is 0. The minimum absolute atomic E-state index is 0.840. The smallest absolute Gasteiger partial charge is 0.344 e. The van der Waals surface area contributed by atoms with Crippen LogP contribution >= 0.6 is 0 Å². The number of para-hydroxylation sites is 2. The third kappa shape index (κ3) is 1.61. The zero-order valence-corrected chi connectivity index (χ0v) is 13.4. The third-order valence-corrected chi connectivity index (χ3v) is 4.99.